The van der Waals surface area contributed by atoms with E-state index in [1.807, 2.05) is 0 Å². The van der Waals surface area contributed by atoms with Crippen LogP contribution in [0.15, 0.2) is 23.7 Å². The van der Waals surface area contributed by atoms with Crippen LogP contribution < -0.4 is 5.32 Å². The number of carbonyl (C=O) groups is 2. The van der Waals surface area contributed by atoms with E-state index < -0.39 is 11.9 Å². The van der Waals surface area contributed by atoms with Crippen molar-refractivity contribution in [2.45, 2.75) is 0 Å². The monoisotopic (exact) mass is 250 g/mol. The summed E-state index contributed by atoms with van der Waals surface area (Å²) in [5.74, 6) is -1.53. The van der Waals surface area contributed by atoms with Gasteiger partial charge in [0.25, 0.3) is 5.91 Å². The molecule has 0 radical (unpaired) electrons. The van der Waals surface area contributed by atoms with Gasteiger partial charge in [0.2, 0.25) is 0 Å². The number of carbonyl (C=O) groups excluding carboxylic acids is 1. The molecule has 2 heterocycles. The van der Waals surface area contributed by atoms with Gasteiger partial charge in [0.1, 0.15) is 5.69 Å². The molecule has 0 saturated carbocycles. The molecule has 0 aliphatic carbocycles. The molecule has 8 heteroatoms. The van der Waals surface area contributed by atoms with Crippen LogP contribution >= 0.6 is 11.5 Å². The van der Waals surface area contributed by atoms with Gasteiger partial charge >= 0.3 is 5.97 Å². The maximum atomic E-state index is 11.5. The predicted molar refractivity (Wildman–Crippen MR) is 59.1 cm³/mol. The van der Waals surface area contributed by atoms with Crippen LogP contribution in [0.25, 0.3) is 0 Å². The molecule has 0 aliphatic rings. The summed E-state index contributed by atoms with van der Waals surface area (Å²) in [6, 6.07) is 2.76. The van der Waals surface area contributed by atoms with Gasteiger partial charge in [-0.15, -0.1) is 5.10 Å². The zero-order valence-corrected chi connectivity index (χ0v) is 9.14. The predicted octanol–water partition coefficient (Wildman–Crippen LogP) is 0.884. The van der Waals surface area contributed by atoms with E-state index in [1.54, 1.807) is 0 Å². The van der Waals surface area contributed by atoms with Gasteiger partial charge < -0.3 is 10.4 Å². The molecule has 2 aromatic heterocycles. The highest BCUT2D eigenvalue weighted by atomic mass is 32.1. The standard InChI is InChI=1S/C9H6N4O3S/c14-8(7-4-17-13-12-7)11-5-1-2-6(9(15)16)10-3-5/h1-4H,(H,11,14)(H,15,16). The van der Waals surface area contributed by atoms with Crippen LogP contribution in [0.2, 0.25) is 0 Å². The quantitative estimate of drug-likeness (QED) is 0.837. The van der Waals surface area contributed by atoms with Crippen LogP contribution in [-0.4, -0.2) is 31.6 Å². The lowest BCUT2D eigenvalue weighted by Crippen LogP contribution is -2.13. The highest BCUT2D eigenvalue weighted by Gasteiger charge is 2.10. The average molecular weight is 250 g/mol. The average Bonchev–Trinajstić information content (AvgIpc) is 2.83. The highest BCUT2D eigenvalue weighted by molar-refractivity contribution is 7.03. The van der Waals surface area contributed by atoms with E-state index >= 15 is 0 Å². The number of carboxylic acids is 1. The van der Waals surface area contributed by atoms with Gasteiger partial charge in [-0.1, -0.05) is 4.49 Å². The summed E-state index contributed by atoms with van der Waals surface area (Å²) >= 11 is 1.07. The van der Waals surface area contributed by atoms with E-state index in [1.165, 1.54) is 23.7 Å². The number of aromatic nitrogens is 3. The number of nitrogens with zero attached hydrogens (tertiary/aromatic N) is 3. The summed E-state index contributed by atoms with van der Waals surface area (Å²) in [5.41, 5.74) is 0.517. The molecule has 86 valence electrons. The first-order valence-electron chi connectivity index (χ1n) is 4.44. The number of amides is 1. The molecule has 1 amide bonds. The second-order valence-electron chi connectivity index (χ2n) is 2.98. The molecule has 0 atom stereocenters. The van der Waals surface area contributed by atoms with Crippen molar-refractivity contribution in [3.8, 4) is 0 Å². The number of nitrogens with one attached hydrogen (secondary N) is 1. The number of hydrogen-bond donors (Lipinski definition) is 2. The van der Waals surface area contributed by atoms with Crippen LogP contribution in [0, 0.1) is 0 Å². The summed E-state index contributed by atoms with van der Waals surface area (Å²) in [7, 11) is 0. The Hall–Kier alpha value is -2.35. The molecule has 2 aromatic rings. The number of anilines is 1. The van der Waals surface area contributed by atoms with E-state index in [9.17, 15) is 9.59 Å². The maximum absolute atomic E-state index is 11.5. The second kappa shape index (κ2) is 4.66. The van der Waals surface area contributed by atoms with E-state index in [4.69, 9.17) is 5.11 Å². The van der Waals surface area contributed by atoms with Gasteiger partial charge in [-0.3, -0.25) is 4.79 Å². The number of carboxylic acid groups (broad SMARTS) is 1. The Morgan fingerprint density at radius 3 is 2.65 bits per heavy atom. The Bertz CT molecular complexity index is 538. The first kappa shape index (κ1) is 11.1. The van der Waals surface area contributed by atoms with E-state index in [2.05, 4.69) is 19.9 Å². The van der Waals surface area contributed by atoms with Crippen LogP contribution in [-0.2, 0) is 0 Å². The zero-order chi connectivity index (χ0) is 12.3. The smallest absolute Gasteiger partial charge is 0.354 e. The van der Waals surface area contributed by atoms with Gasteiger partial charge in [0.05, 0.1) is 11.9 Å². The fourth-order valence-electron chi connectivity index (χ4n) is 1.05. The van der Waals surface area contributed by atoms with Crippen molar-refractivity contribution in [3.05, 3.63) is 35.1 Å². The summed E-state index contributed by atoms with van der Waals surface area (Å²) in [4.78, 5) is 25.8. The van der Waals surface area contributed by atoms with Crippen LogP contribution in [0.4, 0.5) is 5.69 Å². The molecule has 2 rings (SSSR count). The third-order valence-electron chi connectivity index (χ3n) is 1.83. The number of hydrogen-bond acceptors (Lipinski definition) is 6. The van der Waals surface area contributed by atoms with Crippen molar-refractivity contribution < 1.29 is 14.7 Å². The molecule has 0 unspecified atom stereocenters. The lowest BCUT2D eigenvalue weighted by Gasteiger charge is -2.02. The fourth-order valence-corrected chi connectivity index (χ4v) is 1.49. The first-order chi connectivity index (χ1) is 8.16. The Balaban J connectivity index is 2.09. The van der Waals surface area contributed by atoms with Crippen molar-refractivity contribution in [1.82, 2.24) is 14.6 Å². The molecule has 0 saturated heterocycles. The topological polar surface area (TPSA) is 105 Å². The van der Waals surface area contributed by atoms with Gasteiger partial charge in [-0.2, -0.15) is 0 Å². The maximum Gasteiger partial charge on any atom is 0.354 e. The van der Waals surface area contributed by atoms with Crippen LogP contribution in [0.3, 0.4) is 0 Å². The Kier molecular flexibility index (Phi) is 3.06. The molecule has 0 aromatic carbocycles. The van der Waals surface area contributed by atoms with E-state index in [0.29, 0.717) is 5.69 Å². The van der Waals surface area contributed by atoms with E-state index in [-0.39, 0.29) is 11.4 Å². The molecule has 7 nitrogen and oxygen atoms in total. The lowest BCUT2D eigenvalue weighted by atomic mass is 10.3. The molecule has 2 N–H and O–H groups in total. The van der Waals surface area contributed by atoms with E-state index in [0.717, 1.165) is 11.5 Å². The molecule has 0 fully saturated rings. The fraction of sp³-hybridized carbons (Fsp3) is 0. The zero-order valence-electron chi connectivity index (χ0n) is 8.32. The minimum atomic E-state index is -1.12. The van der Waals surface area contributed by atoms with Gasteiger partial charge in [-0.25, -0.2) is 9.78 Å². The number of aromatic carboxylic acids is 1. The Morgan fingerprint density at radius 1 is 1.29 bits per heavy atom. The Morgan fingerprint density at radius 2 is 2.12 bits per heavy atom. The minimum Gasteiger partial charge on any atom is -0.477 e. The van der Waals surface area contributed by atoms with Crippen LogP contribution in [0.5, 0.6) is 0 Å². The van der Waals surface area contributed by atoms with Crippen molar-refractivity contribution in [3.63, 3.8) is 0 Å². The van der Waals surface area contributed by atoms with Crippen LogP contribution in [0.1, 0.15) is 21.0 Å². The van der Waals surface area contributed by atoms with Gasteiger partial charge in [0, 0.05) is 5.38 Å². The summed E-state index contributed by atoms with van der Waals surface area (Å²) in [6.45, 7) is 0. The minimum absolute atomic E-state index is 0.0849. The summed E-state index contributed by atoms with van der Waals surface area (Å²) in [5, 5.41) is 16.3. The molecule has 17 heavy (non-hydrogen) atoms. The normalized spacial score (nSPS) is 9.88. The van der Waals surface area contributed by atoms with Gasteiger partial charge in [-0.05, 0) is 23.7 Å². The highest BCUT2D eigenvalue weighted by Crippen LogP contribution is 2.08. The molecular formula is C9H6N4O3S. The van der Waals surface area contributed by atoms with Crippen molar-refractivity contribution in [1.29, 1.82) is 0 Å². The third kappa shape index (κ3) is 2.61. The van der Waals surface area contributed by atoms with Crippen molar-refractivity contribution in [2.24, 2.45) is 0 Å². The number of rotatable bonds is 3. The lowest BCUT2D eigenvalue weighted by molar-refractivity contribution is 0.0690. The molecule has 0 bridgehead atoms. The summed E-state index contributed by atoms with van der Waals surface area (Å²) < 4.78 is 3.56. The van der Waals surface area contributed by atoms with Crippen molar-refractivity contribution in [2.75, 3.05) is 5.32 Å². The van der Waals surface area contributed by atoms with Crippen molar-refractivity contribution >= 4 is 29.1 Å². The molecular weight excluding hydrogens is 244 g/mol. The second-order valence-corrected chi connectivity index (χ2v) is 3.59. The number of pyridine rings is 1. The summed E-state index contributed by atoms with van der Waals surface area (Å²) in [6.07, 6.45) is 1.27. The third-order valence-corrected chi connectivity index (χ3v) is 2.34. The van der Waals surface area contributed by atoms with Gasteiger partial charge in [0.15, 0.2) is 5.69 Å². The molecule has 0 spiro atoms. The Labute approximate surface area is 99.3 Å². The SMILES string of the molecule is O=C(O)c1ccc(NC(=O)c2csnn2)cn1. The molecule has 0 aliphatic heterocycles. The first-order valence-corrected chi connectivity index (χ1v) is 5.28. The largest absolute Gasteiger partial charge is 0.477 e.